The lowest BCUT2D eigenvalue weighted by Crippen LogP contribution is -2.03. The summed E-state index contributed by atoms with van der Waals surface area (Å²) in [6, 6.07) is 4.43. The van der Waals surface area contributed by atoms with Gasteiger partial charge in [-0.05, 0) is 31.4 Å². The van der Waals surface area contributed by atoms with Crippen LogP contribution < -0.4 is 10.1 Å². The van der Waals surface area contributed by atoms with Gasteiger partial charge in [0.1, 0.15) is 11.6 Å². The fourth-order valence-electron chi connectivity index (χ4n) is 1.45. The quantitative estimate of drug-likeness (QED) is 0.703. The number of hydrogen-bond donors (Lipinski definition) is 2. The maximum absolute atomic E-state index is 12.9. The molecule has 1 aromatic carbocycles. The smallest absolute Gasteiger partial charge is 0.144 e. The van der Waals surface area contributed by atoms with E-state index in [4.69, 9.17) is 9.84 Å². The minimum absolute atomic E-state index is 0.236. The van der Waals surface area contributed by atoms with Gasteiger partial charge in [0.25, 0.3) is 0 Å². The van der Waals surface area contributed by atoms with Crippen LogP contribution in [-0.2, 0) is 0 Å². The number of hydrogen-bond acceptors (Lipinski definition) is 3. The Kier molecular flexibility index (Phi) is 5.64. The van der Waals surface area contributed by atoms with E-state index in [0.717, 1.165) is 31.5 Å². The number of aliphatic hydroxyl groups is 1. The Morgan fingerprint density at radius 1 is 1.31 bits per heavy atom. The van der Waals surface area contributed by atoms with Crippen LogP contribution in [0.4, 0.5) is 10.1 Å². The van der Waals surface area contributed by atoms with Gasteiger partial charge >= 0.3 is 0 Å². The average Bonchev–Trinajstić information content (AvgIpc) is 2.30. The number of methoxy groups -OCH3 is 1. The topological polar surface area (TPSA) is 41.5 Å². The van der Waals surface area contributed by atoms with Crippen molar-refractivity contribution in [2.45, 2.75) is 19.3 Å². The average molecular weight is 227 g/mol. The third-order valence-corrected chi connectivity index (χ3v) is 2.31. The Morgan fingerprint density at radius 2 is 2.12 bits per heavy atom. The number of unbranched alkanes of at least 4 members (excludes halogenated alkanes) is 2. The van der Waals surface area contributed by atoms with E-state index in [9.17, 15) is 4.39 Å². The van der Waals surface area contributed by atoms with Gasteiger partial charge in [0.2, 0.25) is 0 Å². The van der Waals surface area contributed by atoms with Gasteiger partial charge in [-0.25, -0.2) is 4.39 Å². The number of rotatable bonds is 7. The van der Waals surface area contributed by atoms with Crippen LogP contribution in [0.2, 0.25) is 0 Å². The standard InChI is InChI=1S/C12H18FNO2/c1-16-12-9-10(13)5-6-11(12)14-7-3-2-4-8-15/h5-6,9,14-15H,2-4,7-8H2,1H3. The molecule has 1 aromatic rings. The van der Waals surface area contributed by atoms with Crippen LogP contribution >= 0.6 is 0 Å². The molecular weight excluding hydrogens is 209 g/mol. The van der Waals surface area contributed by atoms with Crippen molar-refractivity contribution in [3.8, 4) is 5.75 Å². The zero-order chi connectivity index (χ0) is 11.8. The predicted molar refractivity (Wildman–Crippen MR) is 62.4 cm³/mol. The van der Waals surface area contributed by atoms with Crippen LogP contribution in [0.5, 0.6) is 5.75 Å². The third kappa shape index (κ3) is 4.06. The monoisotopic (exact) mass is 227 g/mol. The minimum Gasteiger partial charge on any atom is -0.494 e. The van der Waals surface area contributed by atoms with Crippen molar-refractivity contribution < 1.29 is 14.2 Å². The summed E-state index contributed by atoms with van der Waals surface area (Å²) in [5.74, 6) is 0.213. The molecule has 0 radical (unpaired) electrons. The second kappa shape index (κ2) is 7.06. The lowest BCUT2D eigenvalue weighted by atomic mass is 10.2. The molecule has 0 aliphatic rings. The summed E-state index contributed by atoms with van der Waals surface area (Å²) < 4.78 is 17.9. The van der Waals surface area contributed by atoms with E-state index in [2.05, 4.69) is 5.32 Å². The number of benzene rings is 1. The van der Waals surface area contributed by atoms with Crippen molar-refractivity contribution >= 4 is 5.69 Å². The van der Waals surface area contributed by atoms with Crippen LogP contribution in [0, 0.1) is 5.82 Å². The first-order chi connectivity index (χ1) is 7.77. The first kappa shape index (κ1) is 12.8. The van der Waals surface area contributed by atoms with Crippen LogP contribution in [0.3, 0.4) is 0 Å². The van der Waals surface area contributed by atoms with E-state index in [0.29, 0.717) is 5.75 Å². The van der Waals surface area contributed by atoms with E-state index in [1.54, 1.807) is 6.07 Å². The zero-order valence-electron chi connectivity index (χ0n) is 9.50. The second-order valence-corrected chi connectivity index (χ2v) is 3.56. The van der Waals surface area contributed by atoms with Crippen LogP contribution in [-0.4, -0.2) is 25.4 Å². The summed E-state index contributed by atoms with van der Waals surface area (Å²) in [6.45, 7) is 1.03. The zero-order valence-corrected chi connectivity index (χ0v) is 9.50. The van der Waals surface area contributed by atoms with Crippen molar-refractivity contribution in [1.82, 2.24) is 0 Å². The highest BCUT2D eigenvalue weighted by molar-refractivity contribution is 5.56. The van der Waals surface area contributed by atoms with E-state index < -0.39 is 0 Å². The molecule has 2 N–H and O–H groups in total. The molecule has 0 heterocycles. The molecule has 0 saturated heterocycles. The van der Waals surface area contributed by atoms with Crippen LogP contribution in [0.15, 0.2) is 18.2 Å². The molecule has 0 aliphatic heterocycles. The highest BCUT2D eigenvalue weighted by Gasteiger charge is 2.03. The molecule has 4 heteroatoms. The summed E-state index contributed by atoms with van der Waals surface area (Å²) in [7, 11) is 1.52. The van der Waals surface area contributed by atoms with Gasteiger partial charge in [-0.15, -0.1) is 0 Å². The molecule has 0 bridgehead atoms. The molecule has 3 nitrogen and oxygen atoms in total. The lowest BCUT2D eigenvalue weighted by Gasteiger charge is -2.10. The molecule has 0 fully saturated rings. The van der Waals surface area contributed by atoms with Gasteiger partial charge in [0.15, 0.2) is 0 Å². The summed E-state index contributed by atoms with van der Waals surface area (Å²) >= 11 is 0. The summed E-state index contributed by atoms with van der Waals surface area (Å²) in [5.41, 5.74) is 0.799. The fraction of sp³-hybridized carbons (Fsp3) is 0.500. The van der Waals surface area contributed by atoms with Gasteiger partial charge in [0, 0.05) is 19.2 Å². The highest BCUT2D eigenvalue weighted by atomic mass is 19.1. The van der Waals surface area contributed by atoms with Crippen molar-refractivity contribution in [1.29, 1.82) is 0 Å². The fourth-order valence-corrected chi connectivity index (χ4v) is 1.45. The Bertz CT molecular complexity index is 318. The van der Waals surface area contributed by atoms with Crippen molar-refractivity contribution in [2.24, 2.45) is 0 Å². The van der Waals surface area contributed by atoms with Gasteiger partial charge in [-0.3, -0.25) is 0 Å². The highest BCUT2D eigenvalue weighted by Crippen LogP contribution is 2.24. The summed E-state index contributed by atoms with van der Waals surface area (Å²) in [4.78, 5) is 0. The van der Waals surface area contributed by atoms with E-state index >= 15 is 0 Å². The molecular formula is C12H18FNO2. The van der Waals surface area contributed by atoms with Gasteiger partial charge in [-0.1, -0.05) is 0 Å². The SMILES string of the molecule is COc1cc(F)ccc1NCCCCCO. The Morgan fingerprint density at radius 3 is 2.81 bits per heavy atom. The molecule has 0 unspecified atom stereocenters. The number of halogens is 1. The van der Waals surface area contributed by atoms with Gasteiger partial charge in [0.05, 0.1) is 12.8 Å². The second-order valence-electron chi connectivity index (χ2n) is 3.56. The Labute approximate surface area is 95.2 Å². The molecule has 0 amide bonds. The van der Waals surface area contributed by atoms with Crippen LogP contribution in [0.25, 0.3) is 0 Å². The normalized spacial score (nSPS) is 10.2. The third-order valence-electron chi connectivity index (χ3n) is 2.31. The maximum atomic E-state index is 12.9. The number of aliphatic hydroxyl groups excluding tert-OH is 1. The Hall–Kier alpha value is -1.29. The summed E-state index contributed by atoms with van der Waals surface area (Å²) in [6.07, 6.45) is 2.77. The first-order valence-electron chi connectivity index (χ1n) is 5.46. The van der Waals surface area contributed by atoms with Crippen molar-refractivity contribution in [3.63, 3.8) is 0 Å². The van der Waals surface area contributed by atoms with Crippen molar-refractivity contribution in [2.75, 3.05) is 25.6 Å². The first-order valence-corrected chi connectivity index (χ1v) is 5.46. The van der Waals surface area contributed by atoms with E-state index in [-0.39, 0.29) is 12.4 Å². The molecule has 16 heavy (non-hydrogen) atoms. The van der Waals surface area contributed by atoms with Crippen LogP contribution in [0.1, 0.15) is 19.3 Å². The molecule has 0 aromatic heterocycles. The largest absolute Gasteiger partial charge is 0.494 e. The van der Waals surface area contributed by atoms with E-state index in [1.807, 2.05) is 0 Å². The van der Waals surface area contributed by atoms with Gasteiger partial charge in [-0.2, -0.15) is 0 Å². The molecule has 0 atom stereocenters. The predicted octanol–water partition coefficient (Wildman–Crippen LogP) is 2.41. The lowest BCUT2D eigenvalue weighted by molar-refractivity contribution is 0.283. The molecule has 0 aliphatic carbocycles. The number of anilines is 1. The minimum atomic E-state index is -0.303. The van der Waals surface area contributed by atoms with Crippen molar-refractivity contribution in [3.05, 3.63) is 24.0 Å². The molecule has 0 saturated carbocycles. The molecule has 0 spiro atoms. The number of ether oxygens (including phenoxy) is 1. The maximum Gasteiger partial charge on any atom is 0.144 e. The Balaban J connectivity index is 2.41. The van der Waals surface area contributed by atoms with E-state index in [1.165, 1.54) is 19.2 Å². The van der Waals surface area contributed by atoms with Gasteiger partial charge < -0.3 is 15.2 Å². The molecule has 1 rings (SSSR count). The number of nitrogens with one attached hydrogen (secondary N) is 1. The molecule has 90 valence electrons. The summed E-state index contributed by atoms with van der Waals surface area (Å²) in [5, 5.41) is 11.8.